The molecule has 2 rings (SSSR count). The van der Waals surface area contributed by atoms with Gasteiger partial charge in [-0.15, -0.1) is 0 Å². The molecule has 0 aliphatic heterocycles. The van der Waals surface area contributed by atoms with Crippen LogP contribution in [-0.4, -0.2) is 37.4 Å². The third-order valence-electron chi connectivity index (χ3n) is 3.60. The van der Waals surface area contributed by atoms with Crippen molar-refractivity contribution in [1.82, 2.24) is 5.32 Å². The van der Waals surface area contributed by atoms with Gasteiger partial charge >= 0.3 is 0 Å². The average Bonchev–Trinajstić information content (AvgIpc) is 2.58. The zero-order chi connectivity index (χ0) is 17.5. The number of nitrogens with one attached hydrogen (secondary N) is 1. The Balaban J connectivity index is 1.82. The van der Waals surface area contributed by atoms with Crippen molar-refractivity contribution >= 4 is 5.91 Å². The molecule has 0 aliphatic carbocycles. The number of carbonyl (C=O) groups is 1. The van der Waals surface area contributed by atoms with Gasteiger partial charge in [0, 0.05) is 12.1 Å². The number of hydrogen-bond donors (Lipinski definition) is 2. The molecule has 0 fully saturated rings. The highest BCUT2D eigenvalue weighted by molar-refractivity contribution is 5.94. The van der Waals surface area contributed by atoms with E-state index < -0.39 is 6.10 Å². The zero-order valence-electron chi connectivity index (χ0n) is 14.2. The van der Waals surface area contributed by atoms with Crippen molar-refractivity contribution in [3.8, 4) is 11.5 Å². The fourth-order valence-electron chi connectivity index (χ4n) is 2.23. The molecule has 0 saturated carbocycles. The van der Waals surface area contributed by atoms with E-state index in [4.69, 9.17) is 9.47 Å². The Kier molecular flexibility index (Phi) is 6.21. The second-order valence-electron chi connectivity index (χ2n) is 5.68. The lowest BCUT2D eigenvalue weighted by Crippen LogP contribution is -2.35. The van der Waals surface area contributed by atoms with Crippen LogP contribution < -0.4 is 14.8 Å². The van der Waals surface area contributed by atoms with Gasteiger partial charge in [0.1, 0.15) is 24.2 Å². The Morgan fingerprint density at radius 3 is 2.71 bits per heavy atom. The summed E-state index contributed by atoms with van der Waals surface area (Å²) in [5.74, 6) is 1.09. The molecule has 0 bridgehead atoms. The van der Waals surface area contributed by atoms with Crippen LogP contribution in [0, 0.1) is 13.8 Å². The predicted molar refractivity (Wildman–Crippen MR) is 92.7 cm³/mol. The molecule has 0 aromatic heterocycles. The molecule has 0 aliphatic rings. The minimum absolute atomic E-state index is 0.112. The number of rotatable bonds is 7. The molecule has 128 valence electrons. The largest absolute Gasteiger partial charge is 0.496 e. The molecule has 0 radical (unpaired) electrons. The number of aliphatic hydroxyl groups excluding tert-OH is 1. The molecule has 5 nitrogen and oxygen atoms in total. The molecule has 2 aromatic carbocycles. The van der Waals surface area contributed by atoms with E-state index in [-0.39, 0.29) is 19.1 Å². The summed E-state index contributed by atoms with van der Waals surface area (Å²) >= 11 is 0. The van der Waals surface area contributed by atoms with Gasteiger partial charge in [-0.3, -0.25) is 4.79 Å². The van der Waals surface area contributed by atoms with Gasteiger partial charge in [-0.1, -0.05) is 18.2 Å². The van der Waals surface area contributed by atoms with E-state index in [0.29, 0.717) is 17.1 Å². The number of hydrogen-bond acceptors (Lipinski definition) is 4. The summed E-state index contributed by atoms with van der Waals surface area (Å²) in [7, 11) is 1.57. The number of ether oxygens (including phenoxy) is 2. The summed E-state index contributed by atoms with van der Waals surface area (Å²) in [5.41, 5.74) is 2.54. The molecule has 2 aromatic rings. The number of methoxy groups -OCH3 is 1. The van der Waals surface area contributed by atoms with E-state index in [1.54, 1.807) is 19.2 Å². The van der Waals surface area contributed by atoms with Gasteiger partial charge in [0.05, 0.1) is 7.11 Å². The van der Waals surface area contributed by atoms with Crippen molar-refractivity contribution in [2.45, 2.75) is 20.0 Å². The quantitative estimate of drug-likeness (QED) is 0.819. The maximum absolute atomic E-state index is 12.1. The van der Waals surface area contributed by atoms with E-state index in [1.807, 2.05) is 44.2 Å². The molecule has 1 atom stereocenters. The van der Waals surface area contributed by atoms with E-state index >= 15 is 0 Å². The SMILES string of the molecule is COc1cc(C(=O)NCC(O)COc2cccc(C)c2)ccc1C. The fraction of sp³-hybridized carbons (Fsp3) is 0.316. The first-order valence-electron chi connectivity index (χ1n) is 7.80. The normalized spacial score (nSPS) is 11.7. The van der Waals surface area contributed by atoms with Crippen LogP contribution >= 0.6 is 0 Å². The molecular formula is C19H23NO4. The highest BCUT2D eigenvalue weighted by Gasteiger charge is 2.11. The summed E-state index contributed by atoms with van der Waals surface area (Å²) in [6, 6.07) is 12.8. The minimum atomic E-state index is -0.790. The van der Waals surface area contributed by atoms with Gasteiger partial charge in [0.2, 0.25) is 0 Å². The molecule has 1 unspecified atom stereocenters. The van der Waals surface area contributed by atoms with Crippen LogP contribution in [0.4, 0.5) is 0 Å². The molecule has 0 heterocycles. The predicted octanol–water partition coefficient (Wildman–Crippen LogP) is 2.48. The standard InChI is InChI=1S/C19H23NO4/c1-13-5-4-6-17(9-13)24-12-16(21)11-20-19(22)15-8-7-14(2)18(10-15)23-3/h4-10,16,21H,11-12H2,1-3H3,(H,20,22). The lowest BCUT2D eigenvalue weighted by molar-refractivity contribution is 0.0843. The Hall–Kier alpha value is -2.53. The molecule has 24 heavy (non-hydrogen) atoms. The highest BCUT2D eigenvalue weighted by atomic mass is 16.5. The third-order valence-corrected chi connectivity index (χ3v) is 3.60. The van der Waals surface area contributed by atoms with E-state index in [1.165, 1.54) is 0 Å². The Morgan fingerprint density at radius 2 is 2.00 bits per heavy atom. The zero-order valence-corrected chi connectivity index (χ0v) is 14.2. The van der Waals surface area contributed by atoms with Crippen LogP contribution in [0.2, 0.25) is 0 Å². The van der Waals surface area contributed by atoms with Gasteiger partial charge < -0.3 is 19.9 Å². The number of aryl methyl sites for hydroxylation is 2. The number of carbonyl (C=O) groups excluding carboxylic acids is 1. The molecule has 0 spiro atoms. The summed E-state index contributed by atoms with van der Waals surface area (Å²) in [5, 5.41) is 12.6. The maximum atomic E-state index is 12.1. The van der Waals surface area contributed by atoms with Gasteiger partial charge in [-0.25, -0.2) is 0 Å². The van der Waals surface area contributed by atoms with Gasteiger partial charge in [0.15, 0.2) is 0 Å². The first-order chi connectivity index (χ1) is 11.5. The van der Waals surface area contributed by atoms with E-state index in [9.17, 15) is 9.90 Å². The third kappa shape index (κ3) is 4.99. The summed E-state index contributed by atoms with van der Waals surface area (Å²) in [4.78, 5) is 12.1. The lowest BCUT2D eigenvalue weighted by Gasteiger charge is -2.14. The van der Waals surface area contributed by atoms with Gasteiger partial charge in [-0.05, 0) is 49.2 Å². The van der Waals surface area contributed by atoms with Crippen molar-refractivity contribution in [1.29, 1.82) is 0 Å². The smallest absolute Gasteiger partial charge is 0.251 e. The van der Waals surface area contributed by atoms with Crippen LogP contribution in [0.3, 0.4) is 0 Å². The summed E-state index contributed by atoms with van der Waals surface area (Å²) < 4.78 is 10.7. The van der Waals surface area contributed by atoms with Crippen LogP contribution in [0.1, 0.15) is 21.5 Å². The number of amides is 1. The van der Waals surface area contributed by atoms with E-state index in [0.717, 1.165) is 11.1 Å². The summed E-state index contributed by atoms with van der Waals surface area (Å²) in [6.45, 7) is 4.11. The molecule has 0 saturated heterocycles. The number of benzene rings is 2. The Labute approximate surface area is 142 Å². The summed E-state index contributed by atoms with van der Waals surface area (Å²) in [6.07, 6.45) is -0.790. The van der Waals surface area contributed by atoms with Crippen LogP contribution in [0.15, 0.2) is 42.5 Å². The second kappa shape index (κ2) is 8.36. The molecule has 2 N–H and O–H groups in total. The first kappa shape index (κ1) is 17.8. The topological polar surface area (TPSA) is 67.8 Å². The minimum Gasteiger partial charge on any atom is -0.496 e. The fourth-order valence-corrected chi connectivity index (χ4v) is 2.23. The Bertz CT molecular complexity index is 700. The Morgan fingerprint density at radius 1 is 1.21 bits per heavy atom. The van der Waals surface area contributed by atoms with Crippen molar-refractivity contribution in [3.63, 3.8) is 0 Å². The first-order valence-corrected chi connectivity index (χ1v) is 7.80. The van der Waals surface area contributed by atoms with Crippen molar-refractivity contribution in [2.24, 2.45) is 0 Å². The second-order valence-corrected chi connectivity index (χ2v) is 5.68. The van der Waals surface area contributed by atoms with Crippen molar-refractivity contribution in [3.05, 3.63) is 59.2 Å². The van der Waals surface area contributed by atoms with Gasteiger partial charge in [0.25, 0.3) is 5.91 Å². The number of aliphatic hydroxyl groups is 1. The van der Waals surface area contributed by atoms with Crippen LogP contribution in [0.25, 0.3) is 0 Å². The molecule has 5 heteroatoms. The highest BCUT2D eigenvalue weighted by Crippen LogP contribution is 2.18. The average molecular weight is 329 g/mol. The lowest BCUT2D eigenvalue weighted by atomic mass is 10.1. The monoisotopic (exact) mass is 329 g/mol. The van der Waals surface area contributed by atoms with Crippen LogP contribution in [0.5, 0.6) is 11.5 Å². The maximum Gasteiger partial charge on any atom is 0.251 e. The van der Waals surface area contributed by atoms with Crippen molar-refractivity contribution < 1.29 is 19.4 Å². The van der Waals surface area contributed by atoms with Gasteiger partial charge in [-0.2, -0.15) is 0 Å². The molecular weight excluding hydrogens is 306 g/mol. The van der Waals surface area contributed by atoms with Crippen LogP contribution in [-0.2, 0) is 0 Å². The van der Waals surface area contributed by atoms with Crippen molar-refractivity contribution in [2.75, 3.05) is 20.3 Å². The molecule has 1 amide bonds. The van der Waals surface area contributed by atoms with E-state index in [2.05, 4.69) is 5.32 Å².